The van der Waals surface area contributed by atoms with Crippen LogP contribution in [0.4, 0.5) is 4.79 Å². The fraction of sp³-hybridized carbons (Fsp3) is 0.778. The quantitative estimate of drug-likeness (QED) is 0.689. The highest BCUT2D eigenvalue weighted by Crippen LogP contribution is 2.12. The summed E-state index contributed by atoms with van der Waals surface area (Å²) in [4.78, 5) is 22.0. The highest BCUT2D eigenvalue weighted by molar-refractivity contribution is 6.28. The molecule has 0 spiro atoms. The Morgan fingerprint density at radius 2 is 2.27 bits per heavy atom. The van der Waals surface area contributed by atoms with Crippen LogP contribution in [0.25, 0.3) is 0 Å². The first-order valence-electron chi connectivity index (χ1n) is 4.89. The van der Waals surface area contributed by atoms with Crippen molar-refractivity contribution in [1.82, 2.24) is 10.6 Å². The second-order valence-corrected chi connectivity index (χ2v) is 3.83. The number of carbonyl (C=O) groups excluding carboxylic acids is 2. The minimum absolute atomic E-state index is 0.0666. The van der Waals surface area contributed by atoms with Crippen LogP contribution in [0.3, 0.4) is 0 Å². The van der Waals surface area contributed by atoms with Crippen molar-refractivity contribution in [1.29, 1.82) is 0 Å². The van der Waals surface area contributed by atoms with Crippen LogP contribution in [0.2, 0.25) is 0 Å². The van der Waals surface area contributed by atoms with Crippen molar-refractivity contribution in [2.75, 3.05) is 12.5 Å². The first-order valence-corrected chi connectivity index (χ1v) is 5.43. The van der Waals surface area contributed by atoms with Crippen LogP contribution in [-0.4, -0.2) is 36.6 Å². The molecule has 2 atom stereocenters. The number of hydrogen-bond donors (Lipinski definition) is 2. The van der Waals surface area contributed by atoms with Gasteiger partial charge in [-0.25, -0.2) is 4.79 Å². The summed E-state index contributed by atoms with van der Waals surface area (Å²) >= 11 is 5.25. The molecule has 1 saturated heterocycles. The number of ether oxygens (including phenoxy) is 1. The molecular formula is C9H15ClN2O3. The van der Waals surface area contributed by atoms with Gasteiger partial charge < -0.3 is 10.1 Å². The first-order chi connectivity index (χ1) is 7.11. The molecule has 0 radical (unpaired) electrons. The third kappa shape index (κ3) is 4.48. The monoisotopic (exact) mass is 234 g/mol. The Balaban J connectivity index is 2.27. The number of imide groups is 1. The summed E-state index contributed by atoms with van der Waals surface area (Å²) in [6.07, 6.45) is 1.68. The summed E-state index contributed by atoms with van der Waals surface area (Å²) in [6, 6.07) is -0.420. The van der Waals surface area contributed by atoms with Crippen molar-refractivity contribution in [3.05, 3.63) is 0 Å². The number of urea groups is 1. The van der Waals surface area contributed by atoms with E-state index in [-0.39, 0.29) is 18.0 Å². The van der Waals surface area contributed by atoms with Gasteiger partial charge in [0.15, 0.2) is 0 Å². The fourth-order valence-electron chi connectivity index (χ4n) is 1.51. The zero-order valence-electron chi connectivity index (χ0n) is 8.59. The number of carbonyl (C=O) groups is 2. The largest absolute Gasteiger partial charge is 0.378 e. The molecule has 1 fully saturated rings. The molecular weight excluding hydrogens is 220 g/mol. The molecule has 0 aromatic heterocycles. The van der Waals surface area contributed by atoms with Gasteiger partial charge in [0, 0.05) is 12.6 Å². The van der Waals surface area contributed by atoms with Crippen molar-refractivity contribution in [3.63, 3.8) is 0 Å². The maximum absolute atomic E-state index is 11.2. The van der Waals surface area contributed by atoms with E-state index in [0.717, 1.165) is 12.8 Å². The Morgan fingerprint density at radius 3 is 2.87 bits per heavy atom. The maximum Gasteiger partial charge on any atom is 0.321 e. The van der Waals surface area contributed by atoms with Gasteiger partial charge >= 0.3 is 6.03 Å². The highest BCUT2D eigenvalue weighted by Gasteiger charge is 2.21. The molecule has 0 aromatic rings. The number of amides is 3. The summed E-state index contributed by atoms with van der Waals surface area (Å²) in [5, 5.41) is 4.83. The SMILES string of the molecule is CC1CC(NC(=O)NC(=O)CCl)CCO1. The lowest BCUT2D eigenvalue weighted by molar-refractivity contribution is -0.117. The van der Waals surface area contributed by atoms with E-state index in [1.807, 2.05) is 6.92 Å². The van der Waals surface area contributed by atoms with Crippen LogP contribution in [0.15, 0.2) is 0 Å². The smallest absolute Gasteiger partial charge is 0.321 e. The highest BCUT2D eigenvalue weighted by atomic mass is 35.5. The van der Waals surface area contributed by atoms with E-state index in [1.54, 1.807) is 0 Å². The number of halogens is 1. The van der Waals surface area contributed by atoms with Gasteiger partial charge in [0.1, 0.15) is 5.88 Å². The Bertz CT molecular complexity index is 248. The van der Waals surface area contributed by atoms with E-state index in [9.17, 15) is 9.59 Å². The summed E-state index contributed by atoms with van der Waals surface area (Å²) in [5.41, 5.74) is 0. The third-order valence-corrected chi connectivity index (χ3v) is 2.44. The first kappa shape index (κ1) is 12.3. The van der Waals surface area contributed by atoms with Crippen LogP contribution >= 0.6 is 11.6 Å². The molecule has 0 bridgehead atoms. The number of hydrogen-bond acceptors (Lipinski definition) is 3. The van der Waals surface area contributed by atoms with Gasteiger partial charge in [0.25, 0.3) is 0 Å². The molecule has 0 aromatic carbocycles. The Morgan fingerprint density at radius 1 is 1.53 bits per heavy atom. The summed E-state index contributed by atoms with van der Waals surface area (Å²) in [7, 11) is 0. The van der Waals surface area contributed by atoms with Crippen LogP contribution in [0.1, 0.15) is 19.8 Å². The second-order valence-electron chi connectivity index (χ2n) is 3.56. The van der Waals surface area contributed by atoms with Crippen LogP contribution in [0, 0.1) is 0 Å². The van der Waals surface area contributed by atoms with E-state index >= 15 is 0 Å². The molecule has 1 rings (SSSR count). The zero-order chi connectivity index (χ0) is 11.3. The molecule has 2 unspecified atom stereocenters. The molecule has 15 heavy (non-hydrogen) atoms. The van der Waals surface area contributed by atoms with Gasteiger partial charge in [-0.15, -0.1) is 11.6 Å². The van der Waals surface area contributed by atoms with Gasteiger partial charge in [-0.3, -0.25) is 10.1 Å². The van der Waals surface area contributed by atoms with Gasteiger partial charge in [0.2, 0.25) is 5.91 Å². The molecule has 2 N–H and O–H groups in total. The van der Waals surface area contributed by atoms with Gasteiger partial charge in [-0.1, -0.05) is 0 Å². The lowest BCUT2D eigenvalue weighted by Gasteiger charge is -2.27. The number of rotatable bonds is 2. The van der Waals surface area contributed by atoms with Crippen LogP contribution in [0.5, 0.6) is 0 Å². The van der Waals surface area contributed by atoms with E-state index in [2.05, 4.69) is 10.6 Å². The normalized spacial score (nSPS) is 25.7. The van der Waals surface area contributed by atoms with E-state index in [4.69, 9.17) is 16.3 Å². The molecule has 5 nitrogen and oxygen atoms in total. The van der Waals surface area contributed by atoms with Crippen LogP contribution < -0.4 is 10.6 Å². The second kappa shape index (κ2) is 5.92. The van der Waals surface area contributed by atoms with Crippen molar-refractivity contribution in [3.8, 4) is 0 Å². The Labute approximate surface area is 93.5 Å². The molecule has 0 aliphatic carbocycles. The van der Waals surface area contributed by atoms with Gasteiger partial charge in [0.05, 0.1) is 6.10 Å². The molecule has 0 saturated carbocycles. The minimum atomic E-state index is -0.491. The molecule has 3 amide bonds. The minimum Gasteiger partial charge on any atom is -0.378 e. The predicted octanol–water partition coefficient (Wildman–Crippen LogP) is 0.618. The van der Waals surface area contributed by atoms with E-state index < -0.39 is 11.9 Å². The van der Waals surface area contributed by atoms with Crippen molar-refractivity contribution in [2.45, 2.75) is 31.9 Å². The lowest BCUT2D eigenvalue weighted by Crippen LogP contribution is -2.47. The molecule has 6 heteroatoms. The predicted molar refractivity (Wildman–Crippen MR) is 55.8 cm³/mol. The molecule has 1 aliphatic rings. The van der Waals surface area contributed by atoms with Crippen LogP contribution in [-0.2, 0) is 9.53 Å². The van der Waals surface area contributed by atoms with Crippen molar-refractivity contribution < 1.29 is 14.3 Å². The summed E-state index contributed by atoms with van der Waals surface area (Å²) in [5.74, 6) is -0.702. The Kier molecular flexibility index (Phi) is 4.84. The lowest BCUT2D eigenvalue weighted by atomic mass is 10.0. The summed E-state index contributed by atoms with van der Waals surface area (Å²) in [6.45, 7) is 2.59. The average Bonchev–Trinajstić information content (AvgIpc) is 2.17. The zero-order valence-corrected chi connectivity index (χ0v) is 9.34. The molecule has 86 valence electrons. The van der Waals surface area contributed by atoms with Crippen molar-refractivity contribution >= 4 is 23.5 Å². The average molecular weight is 235 g/mol. The molecule has 1 heterocycles. The maximum atomic E-state index is 11.2. The van der Waals surface area contributed by atoms with E-state index in [0.29, 0.717) is 6.61 Å². The fourth-order valence-corrected chi connectivity index (χ4v) is 1.58. The number of alkyl halides is 1. The standard InChI is InChI=1S/C9H15ClN2O3/c1-6-4-7(2-3-15-6)11-9(14)12-8(13)5-10/h6-7H,2-5H2,1H3,(H2,11,12,13,14). The number of nitrogens with one attached hydrogen (secondary N) is 2. The van der Waals surface area contributed by atoms with Gasteiger partial charge in [-0.05, 0) is 19.8 Å². The van der Waals surface area contributed by atoms with Gasteiger partial charge in [-0.2, -0.15) is 0 Å². The third-order valence-electron chi connectivity index (χ3n) is 2.19. The van der Waals surface area contributed by atoms with E-state index in [1.165, 1.54) is 0 Å². The Hall–Kier alpha value is -0.810. The summed E-state index contributed by atoms with van der Waals surface area (Å²) < 4.78 is 5.33. The topological polar surface area (TPSA) is 67.4 Å². The molecule has 1 aliphatic heterocycles. The van der Waals surface area contributed by atoms with Crippen molar-refractivity contribution in [2.24, 2.45) is 0 Å².